The molecule has 1 aromatic heterocycles. The Hall–Kier alpha value is -2.41. The van der Waals surface area contributed by atoms with Gasteiger partial charge in [-0.15, -0.1) is 0 Å². The quantitative estimate of drug-likeness (QED) is 0.741. The van der Waals surface area contributed by atoms with E-state index in [4.69, 9.17) is 9.26 Å². The highest BCUT2D eigenvalue weighted by molar-refractivity contribution is 5.90. The molecule has 144 valence electrons. The second-order valence-corrected chi connectivity index (χ2v) is 7.42. The molecule has 0 bridgehead atoms. The number of rotatable bonds is 8. The molecule has 0 unspecified atom stereocenters. The Kier molecular flexibility index (Phi) is 5.67. The fourth-order valence-electron chi connectivity index (χ4n) is 3.33. The third-order valence-electron chi connectivity index (χ3n) is 5.15. The number of nitrogens with zero attached hydrogens (tertiary/aromatic N) is 2. The molecule has 1 amide bonds. The predicted molar refractivity (Wildman–Crippen MR) is 101 cm³/mol. The summed E-state index contributed by atoms with van der Waals surface area (Å²) >= 11 is 0. The number of benzene rings is 1. The number of aromatic nitrogens is 2. The molecule has 1 saturated heterocycles. The zero-order valence-corrected chi connectivity index (χ0v) is 15.4. The van der Waals surface area contributed by atoms with Crippen molar-refractivity contribution in [3.63, 3.8) is 0 Å². The van der Waals surface area contributed by atoms with Crippen LogP contribution in [0.2, 0.25) is 0 Å². The summed E-state index contributed by atoms with van der Waals surface area (Å²) in [5.74, 6) is 3.17. The Labute approximate surface area is 158 Å². The van der Waals surface area contributed by atoms with Crippen LogP contribution in [0.15, 0.2) is 28.8 Å². The first kappa shape index (κ1) is 18.0. The lowest BCUT2D eigenvalue weighted by molar-refractivity contribution is -0.116. The molecule has 1 aromatic carbocycles. The molecule has 7 nitrogen and oxygen atoms in total. The Balaban J connectivity index is 1.20. The van der Waals surface area contributed by atoms with Crippen LogP contribution in [0, 0.1) is 5.92 Å². The molecule has 0 atom stereocenters. The van der Waals surface area contributed by atoms with E-state index in [1.807, 2.05) is 24.3 Å². The van der Waals surface area contributed by atoms with Gasteiger partial charge in [-0.1, -0.05) is 5.16 Å². The van der Waals surface area contributed by atoms with E-state index in [0.29, 0.717) is 29.8 Å². The van der Waals surface area contributed by atoms with Gasteiger partial charge < -0.3 is 19.9 Å². The van der Waals surface area contributed by atoms with Gasteiger partial charge in [0.25, 0.3) is 0 Å². The van der Waals surface area contributed by atoms with Gasteiger partial charge in [-0.25, -0.2) is 0 Å². The molecule has 27 heavy (non-hydrogen) atoms. The molecule has 0 radical (unpaired) electrons. The predicted octanol–water partition coefficient (Wildman–Crippen LogP) is 3.24. The van der Waals surface area contributed by atoms with E-state index in [0.717, 1.165) is 43.9 Å². The van der Waals surface area contributed by atoms with Crippen molar-refractivity contribution < 1.29 is 14.1 Å². The minimum Gasteiger partial charge on any atom is -0.485 e. The number of carbonyl (C=O) groups excluding carboxylic acids is 1. The Morgan fingerprint density at radius 1 is 1.19 bits per heavy atom. The standard InChI is InChI=1S/C20H26N4O3/c25-19(8-1-14-9-11-21-12-10-14)22-16-4-6-17(7-5-16)26-13-18-23-20(27-24-18)15-2-3-15/h4-7,14-15,21H,1-3,8-13H2,(H,22,25). The highest BCUT2D eigenvalue weighted by Gasteiger charge is 2.29. The van der Waals surface area contributed by atoms with Crippen molar-refractivity contribution in [2.24, 2.45) is 5.92 Å². The first-order valence-corrected chi connectivity index (χ1v) is 9.82. The number of anilines is 1. The van der Waals surface area contributed by atoms with Crippen LogP contribution >= 0.6 is 0 Å². The van der Waals surface area contributed by atoms with Crippen molar-refractivity contribution in [3.05, 3.63) is 36.0 Å². The summed E-state index contributed by atoms with van der Waals surface area (Å²) in [6, 6.07) is 7.38. The topological polar surface area (TPSA) is 89.3 Å². The fraction of sp³-hybridized carbons (Fsp3) is 0.550. The molecular weight excluding hydrogens is 344 g/mol. The van der Waals surface area contributed by atoms with Gasteiger partial charge in [0.15, 0.2) is 6.61 Å². The average Bonchev–Trinajstić information content (AvgIpc) is 3.45. The number of nitrogens with one attached hydrogen (secondary N) is 2. The van der Waals surface area contributed by atoms with Crippen molar-refractivity contribution in [2.45, 2.75) is 51.0 Å². The smallest absolute Gasteiger partial charge is 0.229 e. The molecular formula is C20H26N4O3. The van der Waals surface area contributed by atoms with Crippen LogP contribution in [-0.2, 0) is 11.4 Å². The van der Waals surface area contributed by atoms with E-state index < -0.39 is 0 Å². The van der Waals surface area contributed by atoms with Crippen molar-refractivity contribution >= 4 is 11.6 Å². The number of piperidine rings is 1. The van der Waals surface area contributed by atoms with Crippen LogP contribution in [0.25, 0.3) is 0 Å². The monoisotopic (exact) mass is 370 g/mol. The van der Waals surface area contributed by atoms with Crippen molar-refractivity contribution in [1.29, 1.82) is 0 Å². The molecule has 1 aliphatic heterocycles. The number of ether oxygens (including phenoxy) is 1. The van der Waals surface area contributed by atoms with Gasteiger partial charge in [-0.3, -0.25) is 4.79 Å². The summed E-state index contributed by atoms with van der Waals surface area (Å²) in [6.07, 6.45) is 6.14. The van der Waals surface area contributed by atoms with Crippen molar-refractivity contribution in [1.82, 2.24) is 15.5 Å². The fourth-order valence-corrected chi connectivity index (χ4v) is 3.33. The van der Waals surface area contributed by atoms with Crippen LogP contribution in [0.5, 0.6) is 5.75 Å². The van der Waals surface area contributed by atoms with E-state index in [1.54, 1.807) is 0 Å². The van der Waals surface area contributed by atoms with E-state index in [-0.39, 0.29) is 12.5 Å². The lowest BCUT2D eigenvalue weighted by atomic mass is 9.93. The van der Waals surface area contributed by atoms with Crippen LogP contribution in [0.1, 0.15) is 56.2 Å². The molecule has 7 heteroatoms. The molecule has 2 aromatic rings. The zero-order chi connectivity index (χ0) is 18.5. The lowest BCUT2D eigenvalue weighted by Crippen LogP contribution is -2.28. The Morgan fingerprint density at radius 3 is 2.70 bits per heavy atom. The largest absolute Gasteiger partial charge is 0.485 e. The van der Waals surface area contributed by atoms with E-state index in [9.17, 15) is 4.79 Å². The van der Waals surface area contributed by atoms with Crippen molar-refractivity contribution in [2.75, 3.05) is 18.4 Å². The third-order valence-corrected chi connectivity index (χ3v) is 5.15. The molecule has 2 heterocycles. The Morgan fingerprint density at radius 2 is 1.96 bits per heavy atom. The highest BCUT2D eigenvalue weighted by Crippen LogP contribution is 2.38. The normalized spacial score (nSPS) is 17.6. The van der Waals surface area contributed by atoms with Crippen molar-refractivity contribution in [3.8, 4) is 5.75 Å². The van der Waals surface area contributed by atoms with Crippen LogP contribution in [0.3, 0.4) is 0 Å². The summed E-state index contributed by atoms with van der Waals surface area (Å²) in [5, 5.41) is 10.2. The summed E-state index contributed by atoms with van der Waals surface area (Å²) in [4.78, 5) is 16.5. The Bertz CT molecular complexity index is 749. The molecule has 2 N–H and O–H groups in total. The first-order chi connectivity index (χ1) is 13.3. The summed E-state index contributed by atoms with van der Waals surface area (Å²) in [6.45, 7) is 2.41. The SMILES string of the molecule is O=C(CCC1CCNCC1)Nc1ccc(OCc2noc(C3CC3)n2)cc1. The van der Waals surface area contributed by atoms with Gasteiger partial charge in [-0.05, 0) is 75.4 Å². The minimum absolute atomic E-state index is 0.0709. The van der Waals surface area contributed by atoms with Gasteiger partial charge >= 0.3 is 0 Å². The lowest BCUT2D eigenvalue weighted by Gasteiger charge is -2.22. The molecule has 2 aliphatic rings. The second kappa shape index (κ2) is 8.52. The maximum absolute atomic E-state index is 12.1. The first-order valence-electron chi connectivity index (χ1n) is 9.82. The average molecular weight is 370 g/mol. The second-order valence-electron chi connectivity index (χ2n) is 7.42. The number of amides is 1. The number of hydrogen-bond donors (Lipinski definition) is 2. The maximum Gasteiger partial charge on any atom is 0.229 e. The molecule has 1 saturated carbocycles. The van der Waals surface area contributed by atoms with E-state index in [1.165, 1.54) is 12.8 Å². The maximum atomic E-state index is 12.1. The highest BCUT2D eigenvalue weighted by atomic mass is 16.5. The van der Waals surface area contributed by atoms with Gasteiger partial charge in [0.1, 0.15) is 5.75 Å². The van der Waals surface area contributed by atoms with Crippen LogP contribution < -0.4 is 15.4 Å². The zero-order valence-electron chi connectivity index (χ0n) is 15.4. The summed E-state index contributed by atoms with van der Waals surface area (Å²) in [5.41, 5.74) is 0.785. The van der Waals surface area contributed by atoms with E-state index >= 15 is 0 Å². The molecule has 2 fully saturated rings. The van der Waals surface area contributed by atoms with Gasteiger partial charge in [0.2, 0.25) is 17.6 Å². The summed E-state index contributed by atoms with van der Waals surface area (Å²) < 4.78 is 10.9. The van der Waals surface area contributed by atoms with Crippen LogP contribution in [-0.4, -0.2) is 29.1 Å². The molecule has 4 rings (SSSR count). The van der Waals surface area contributed by atoms with Gasteiger partial charge in [0.05, 0.1) is 0 Å². The third kappa shape index (κ3) is 5.29. The number of carbonyl (C=O) groups is 1. The van der Waals surface area contributed by atoms with Crippen LogP contribution in [0.4, 0.5) is 5.69 Å². The molecule has 1 aliphatic carbocycles. The minimum atomic E-state index is 0.0709. The van der Waals surface area contributed by atoms with Gasteiger partial charge in [-0.2, -0.15) is 4.98 Å². The van der Waals surface area contributed by atoms with Gasteiger partial charge in [0, 0.05) is 18.0 Å². The molecule has 0 spiro atoms. The summed E-state index contributed by atoms with van der Waals surface area (Å²) in [7, 11) is 0. The number of hydrogen-bond acceptors (Lipinski definition) is 6. The van der Waals surface area contributed by atoms with E-state index in [2.05, 4.69) is 20.8 Å².